The molecule has 0 saturated carbocycles. The topological polar surface area (TPSA) is 84.1 Å². The van der Waals surface area contributed by atoms with E-state index in [1.807, 2.05) is 4.90 Å². The van der Waals surface area contributed by atoms with Gasteiger partial charge in [0.15, 0.2) is 0 Å². The van der Waals surface area contributed by atoms with E-state index in [2.05, 4.69) is 15.3 Å². The van der Waals surface area contributed by atoms with E-state index >= 15 is 0 Å². The summed E-state index contributed by atoms with van der Waals surface area (Å²) in [4.78, 5) is 22.2. The van der Waals surface area contributed by atoms with Gasteiger partial charge in [0, 0.05) is 43.5 Å². The molecule has 1 aliphatic heterocycles. The van der Waals surface area contributed by atoms with Gasteiger partial charge in [0.1, 0.15) is 11.5 Å². The number of anilines is 1. The summed E-state index contributed by atoms with van der Waals surface area (Å²) >= 11 is 0. The number of primary amides is 1. The highest BCUT2D eigenvalue weighted by Gasteiger charge is 2.20. The molecule has 2 aromatic rings. The van der Waals surface area contributed by atoms with Crippen LogP contribution in [0, 0.1) is 5.82 Å². The van der Waals surface area contributed by atoms with E-state index in [4.69, 9.17) is 5.73 Å². The molecule has 1 amide bonds. The highest BCUT2D eigenvalue weighted by atomic mass is 19.1. The van der Waals surface area contributed by atoms with Crippen molar-refractivity contribution in [1.82, 2.24) is 15.3 Å². The van der Waals surface area contributed by atoms with Gasteiger partial charge in [0.05, 0.1) is 0 Å². The number of nitrogens with one attached hydrogen (secondary N) is 1. The number of benzene rings is 1. The average Bonchev–Trinajstić information content (AvgIpc) is 2.55. The Balaban J connectivity index is 2.04. The molecule has 3 rings (SSSR count). The van der Waals surface area contributed by atoms with Crippen LogP contribution in [0.4, 0.5) is 10.3 Å². The SMILES string of the molecule is NC(=O)c1nc(N2CCNCC2)ncc1-c1ccccc1F. The number of carbonyl (C=O) groups is 1. The van der Waals surface area contributed by atoms with E-state index < -0.39 is 11.7 Å². The molecule has 6 nitrogen and oxygen atoms in total. The molecule has 1 saturated heterocycles. The van der Waals surface area contributed by atoms with Crippen LogP contribution in [0.25, 0.3) is 11.1 Å². The van der Waals surface area contributed by atoms with Crippen molar-refractivity contribution in [1.29, 1.82) is 0 Å². The Labute approximate surface area is 127 Å². The quantitative estimate of drug-likeness (QED) is 0.875. The van der Waals surface area contributed by atoms with Crippen molar-refractivity contribution in [2.24, 2.45) is 5.73 Å². The number of rotatable bonds is 3. The number of amides is 1. The number of carbonyl (C=O) groups excluding carboxylic acids is 1. The van der Waals surface area contributed by atoms with Crippen LogP contribution in [0.15, 0.2) is 30.5 Å². The summed E-state index contributed by atoms with van der Waals surface area (Å²) in [5.74, 6) is -0.698. The second kappa shape index (κ2) is 6.07. The van der Waals surface area contributed by atoms with Gasteiger partial charge in [0.25, 0.3) is 5.91 Å². The maximum Gasteiger partial charge on any atom is 0.268 e. The van der Waals surface area contributed by atoms with E-state index in [9.17, 15) is 9.18 Å². The van der Waals surface area contributed by atoms with Gasteiger partial charge in [-0.25, -0.2) is 14.4 Å². The van der Waals surface area contributed by atoms with Crippen LogP contribution < -0.4 is 16.0 Å². The lowest BCUT2D eigenvalue weighted by molar-refractivity contribution is 0.0996. The number of piperazine rings is 1. The van der Waals surface area contributed by atoms with Gasteiger partial charge in [-0.05, 0) is 6.07 Å². The van der Waals surface area contributed by atoms with Crippen molar-refractivity contribution in [3.8, 4) is 11.1 Å². The van der Waals surface area contributed by atoms with E-state index in [1.54, 1.807) is 18.2 Å². The molecule has 0 spiro atoms. The van der Waals surface area contributed by atoms with Crippen molar-refractivity contribution >= 4 is 11.9 Å². The minimum Gasteiger partial charge on any atom is -0.364 e. The van der Waals surface area contributed by atoms with Crippen molar-refractivity contribution in [3.63, 3.8) is 0 Å². The van der Waals surface area contributed by atoms with Crippen molar-refractivity contribution in [2.75, 3.05) is 31.1 Å². The summed E-state index contributed by atoms with van der Waals surface area (Å²) in [6.07, 6.45) is 1.46. The predicted molar refractivity (Wildman–Crippen MR) is 81.0 cm³/mol. The van der Waals surface area contributed by atoms with Crippen LogP contribution in [-0.4, -0.2) is 42.1 Å². The Kier molecular flexibility index (Phi) is 3.97. The first kappa shape index (κ1) is 14.4. The zero-order valence-electron chi connectivity index (χ0n) is 11.9. The lowest BCUT2D eigenvalue weighted by Crippen LogP contribution is -2.44. The highest BCUT2D eigenvalue weighted by Crippen LogP contribution is 2.26. The smallest absolute Gasteiger partial charge is 0.268 e. The Hall–Kier alpha value is -2.54. The van der Waals surface area contributed by atoms with Gasteiger partial charge in [-0.15, -0.1) is 0 Å². The third-order valence-corrected chi connectivity index (χ3v) is 3.57. The largest absolute Gasteiger partial charge is 0.364 e. The molecule has 7 heteroatoms. The Morgan fingerprint density at radius 2 is 1.95 bits per heavy atom. The maximum atomic E-state index is 13.9. The first-order valence-corrected chi connectivity index (χ1v) is 7.04. The number of nitrogens with two attached hydrogens (primary N) is 1. The lowest BCUT2D eigenvalue weighted by atomic mass is 10.0. The first-order valence-electron chi connectivity index (χ1n) is 7.04. The first-order chi connectivity index (χ1) is 10.7. The molecule has 1 aliphatic rings. The van der Waals surface area contributed by atoms with Crippen LogP contribution in [0.2, 0.25) is 0 Å². The zero-order chi connectivity index (χ0) is 15.5. The van der Waals surface area contributed by atoms with E-state index in [0.717, 1.165) is 26.2 Å². The fourth-order valence-corrected chi connectivity index (χ4v) is 2.45. The maximum absolute atomic E-state index is 13.9. The summed E-state index contributed by atoms with van der Waals surface area (Å²) in [5, 5.41) is 3.23. The third-order valence-electron chi connectivity index (χ3n) is 3.57. The molecule has 0 radical (unpaired) electrons. The lowest BCUT2D eigenvalue weighted by Gasteiger charge is -2.27. The summed E-state index contributed by atoms with van der Waals surface area (Å²) in [6, 6.07) is 6.17. The van der Waals surface area contributed by atoms with Gasteiger partial charge in [0.2, 0.25) is 5.95 Å². The standard InChI is InChI=1S/C15H16FN5O/c16-12-4-2-1-3-10(12)11-9-19-15(20-13(11)14(17)22)21-7-5-18-6-8-21/h1-4,9,18H,5-8H2,(H2,17,22). The molecule has 1 aromatic heterocycles. The van der Waals surface area contributed by atoms with Crippen LogP contribution >= 0.6 is 0 Å². The Morgan fingerprint density at radius 3 is 2.64 bits per heavy atom. The molecule has 0 bridgehead atoms. The molecular weight excluding hydrogens is 285 g/mol. The second-order valence-corrected chi connectivity index (χ2v) is 5.01. The molecule has 2 heterocycles. The van der Waals surface area contributed by atoms with Gasteiger partial charge in [-0.3, -0.25) is 4.79 Å². The van der Waals surface area contributed by atoms with E-state index in [0.29, 0.717) is 11.5 Å². The van der Waals surface area contributed by atoms with Crippen LogP contribution in [-0.2, 0) is 0 Å². The van der Waals surface area contributed by atoms with Crippen molar-refractivity contribution in [2.45, 2.75) is 0 Å². The van der Waals surface area contributed by atoms with Gasteiger partial charge < -0.3 is 16.0 Å². The minimum atomic E-state index is -0.697. The second-order valence-electron chi connectivity index (χ2n) is 5.01. The van der Waals surface area contributed by atoms with Gasteiger partial charge in [-0.2, -0.15) is 0 Å². The predicted octanol–water partition coefficient (Wildman–Crippen LogP) is 0.791. The minimum absolute atomic E-state index is 0.0358. The molecule has 1 aromatic carbocycles. The molecule has 114 valence electrons. The monoisotopic (exact) mass is 301 g/mol. The Bertz CT molecular complexity index is 700. The number of aromatic nitrogens is 2. The molecular formula is C15H16FN5O. The van der Waals surface area contributed by atoms with Crippen molar-refractivity contribution in [3.05, 3.63) is 42.0 Å². The highest BCUT2D eigenvalue weighted by molar-refractivity contribution is 5.98. The molecule has 3 N–H and O–H groups in total. The zero-order valence-corrected chi connectivity index (χ0v) is 11.9. The van der Waals surface area contributed by atoms with Crippen LogP contribution in [0.5, 0.6) is 0 Å². The number of hydrogen-bond donors (Lipinski definition) is 2. The molecule has 0 atom stereocenters. The van der Waals surface area contributed by atoms with Crippen LogP contribution in [0.1, 0.15) is 10.5 Å². The summed E-state index contributed by atoms with van der Waals surface area (Å²) < 4.78 is 13.9. The summed E-state index contributed by atoms with van der Waals surface area (Å²) in [5.41, 5.74) is 6.03. The third kappa shape index (κ3) is 2.75. The fraction of sp³-hybridized carbons (Fsp3) is 0.267. The summed E-state index contributed by atoms with van der Waals surface area (Å²) in [6.45, 7) is 3.14. The van der Waals surface area contributed by atoms with Gasteiger partial charge >= 0.3 is 0 Å². The van der Waals surface area contributed by atoms with Crippen LogP contribution in [0.3, 0.4) is 0 Å². The molecule has 1 fully saturated rings. The van der Waals surface area contributed by atoms with Gasteiger partial charge in [-0.1, -0.05) is 18.2 Å². The normalized spacial score (nSPS) is 14.9. The summed E-state index contributed by atoms with van der Waals surface area (Å²) in [7, 11) is 0. The molecule has 0 aliphatic carbocycles. The molecule has 22 heavy (non-hydrogen) atoms. The number of halogens is 1. The average molecular weight is 301 g/mol. The molecule has 0 unspecified atom stereocenters. The van der Waals surface area contributed by atoms with E-state index in [-0.39, 0.29) is 11.3 Å². The van der Waals surface area contributed by atoms with Crippen molar-refractivity contribution < 1.29 is 9.18 Å². The number of nitrogens with zero attached hydrogens (tertiary/aromatic N) is 3. The Morgan fingerprint density at radius 1 is 1.23 bits per heavy atom. The number of hydrogen-bond acceptors (Lipinski definition) is 5. The fourth-order valence-electron chi connectivity index (χ4n) is 2.45. The van der Waals surface area contributed by atoms with E-state index in [1.165, 1.54) is 12.3 Å².